The van der Waals surface area contributed by atoms with Gasteiger partial charge < -0.3 is 0 Å². The fourth-order valence-electron chi connectivity index (χ4n) is 3.55. The van der Waals surface area contributed by atoms with Crippen molar-refractivity contribution in [3.63, 3.8) is 0 Å². The number of hydrogen-bond acceptors (Lipinski definition) is 5. The quantitative estimate of drug-likeness (QED) is 0.647. The number of carbonyl (C=O) groups is 2. The molecule has 0 saturated carbocycles. The molecule has 29 heavy (non-hydrogen) atoms. The minimum Gasteiger partial charge on any atom is -0.299 e. The Bertz CT molecular complexity index is 1010. The molecular formula is C22H23N5O2. The molecule has 0 aliphatic carbocycles. The summed E-state index contributed by atoms with van der Waals surface area (Å²) in [5.41, 5.74) is 3.27. The number of fused-ring (bicyclic) bond motifs is 1. The van der Waals surface area contributed by atoms with Crippen molar-refractivity contribution in [1.29, 1.82) is 0 Å². The first kappa shape index (κ1) is 19.0. The zero-order chi connectivity index (χ0) is 20.2. The minimum absolute atomic E-state index is 0.0122. The molecule has 7 heteroatoms. The number of nitrogens with zero attached hydrogens (tertiary/aromatic N) is 5. The van der Waals surface area contributed by atoms with E-state index in [0.717, 1.165) is 35.7 Å². The lowest BCUT2D eigenvalue weighted by molar-refractivity contribution is -0.123. The highest BCUT2D eigenvalue weighted by molar-refractivity contribution is 5.95. The number of aromatic nitrogens is 4. The van der Waals surface area contributed by atoms with Crippen molar-refractivity contribution in [3.05, 3.63) is 59.9 Å². The van der Waals surface area contributed by atoms with E-state index in [1.165, 1.54) is 0 Å². The molecule has 4 rings (SSSR count). The average Bonchev–Trinajstić information content (AvgIpc) is 3.13. The number of anilines is 1. The van der Waals surface area contributed by atoms with E-state index in [1.54, 1.807) is 4.90 Å². The summed E-state index contributed by atoms with van der Waals surface area (Å²) >= 11 is 0. The van der Waals surface area contributed by atoms with Gasteiger partial charge >= 0.3 is 0 Å². The zero-order valence-electron chi connectivity index (χ0n) is 16.4. The summed E-state index contributed by atoms with van der Waals surface area (Å²) in [6.45, 7) is 3.41. The fourth-order valence-corrected chi connectivity index (χ4v) is 3.55. The van der Waals surface area contributed by atoms with Crippen LogP contribution >= 0.6 is 0 Å². The van der Waals surface area contributed by atoms with E-state index >= 15 is 0 Å². The van der Waals surface area contributed by atoms with Crippen LogP contribution in [0, 0.1) is 6.92 Å². The standard InChI is InChI=1S/C22H23N5O2/c1-16-14-21-26(12-5-13-27(21)25-16)22(29)11-9-19(28)15-18-8-10-20(24-23-18)17-6-3-2-4-7-17/h2-4,6-8,10,14H,5,9,11-13,15H2,1H3. The zero-order valence-corrected chi connectivity index (χ0v) is 16.4. The van der Waals surface area contributed by atoms with E-state index < -0.39 is 0 Å². The molecule has 1 aromatic carbocycles. The first-order valence-corrected chi connectivity index (χ1v) is 9.85. The third kappa shape index (κ3) is 4.39. The van der Waals surface area contributed by atoms with E-state index in [9.17, 15) is 9.59 Å². The molecule has 0 saturated heterocycles. The molecule has 0 bridgehead atoms. The van der Waals surface area contributed by atoms with E-state index in [1.807, 2.05) is 60.1 Å². The van der Waals surface area contributed by atoms with Crippen molar-refractivity contribution < 1.29 is 9.59 Å². The van der Waals surface area contributed by atoms with Gasteiger partial charge in [-0.3, -0.25) is 14.5 Å². The van der Waals surface area contributed by atoms with Gasteiger partial charge in [-0.2, -0.15) is 15.3 Å². The second-order valence-electron chi connectivity index (χ2n) is 7.26. The first-order chi connectivity index (χ1) is 14.1. The molecule has 1 aliphatic heterocycles. The summed E-state index contributed by atoms with van der Waals surface area (Å²) in [6.07, 6.45) is 1.45. The van der Waals surface area contributed by atoms with Crippen LogP contribution in [0.4, 0.5) is 5.82 Å². The molecule has 0 N–H and O–H groups in total. The van der Waals surface area contributed by atoms with Gasteiger partial charge in [0.1, 0.15) is 11.6 Å². The van der Waals surface area contributed by atoms with Crippen LogP contribution in [-0.2, 0) is 22.6 Å². The normalized spacial score (nSPS) is 13.2. The number of benzene rings is 1. The molecule has 1 amide bonds. The van der Waals surface area contributed by atoms with Crippen LogP contribution in [0.15, 0.2) is 48.5 Å². The lowest BCUT2D eigenvalue weighted by atomic mass is 10.1. The highest BCUT2D eigenvalue weighted by Gasteiger charge is 2.24. The highest BCUT2D eigenvalue weighted by atomic mass is 16.2. The molecule has 1 aliphatic rings. The predicted molar refractivity (Wildman–Crippen MR) is 109 cm³/mol. The molecule has 0 fully saturated rings. The molecule has 3 heterocycles. The summed E-state index contributed by atoms with van der Waals surface area (Å²) in [6, 6.07) is 15.4. The van der Waals surface area contributed by atoms with Gasteiger partial charge in [0.15, 0.2) is 0 Å². The predicted octanol–water partition coefficient (Wildman–Crippen LogP) is 2.98. The van der Waals surface area contributed by atoms with Crippen LogP contribution in [0.3, 0.4) is 0 Å². The van der Waals surface area contributed by atoms with Crippen LogP contribution < -0.4 is 4.90 Å². The van der Waals surface area contributed by atoms with Gasteiger partial charge in [0.2, 0.25) is 5.91 Å². The summed E-state index contributed by atoms with van der Waals surface area (Å²) in [4.78, 5) is 26.7. The second-order valence-corrected chi connectivity index (χ2v) is 7.26. The number of Topliss-reactive ketones (excluding diaryl/α,β-unsaturated/α-hetero) is 1. The maximum absolute atomic E-state index is 12.6. The van der Waals surface area contributed by atoms with Crippen molar-refractivity contribution in [3.8, 4) is 11.3 Å². The van der Waals surface area contributed by atoms with Crippen molar-refractivity contribution >= 4 is 17.5 Å². The lowest BCUT2D eigenvalue weighted by Crippen LogP contribution is -2.37. The van der Waals surface area contributed by atoms with Crippen LogP contribution in [0.1, 0.15) is 30.7 Å². The van der Waals surface area contributed by atoms with E-state index in [0.29, 0.717) is 12.2 Å². The molecule has 7 nitrogen and oxygen atoms in total. The van der Waals surface area contributed by atoms with Gasteiger partial charge in [-0.15, -0.1) is 0 Å². The summed E-state index contributed by atoms with van der Waals surface area (Å²) in [5.74, 6) is 0.778. The number of rotatable bonds is 6. The maximum atomic E-state index is 12.6. The van der Waals surface area contributed by atoms with Gasteiger partial charge in [-0.05, 0) is 25.5 Å². The Morgan fingerprint density at radius 2 is 1.83 bits per heavy atom. The van der Waals surface area contributed by atoms with Crippen LogP contribution in [0.2, 0.25) is 0 Å². The minimum atomic E-state index is -0.0373. The average molecular weight is 389 g/mol. The Labute approximate surface area is 169 Å². The number of carbonyl (C=O) groups excluding carboxylic acids is 2. The summed E-state index contributed by atoms with van der Waals surface area (Å²) in [5, 5.41) is 12.8. The van der Waals surface area contributed by atoms with Crippen molar-refractivity contribution in [2.75, 3.05) is 11.4 Å². The van der Waals surface area contributed by atoms with Gasteiger partial charge in [0.25, 0.3) is 0 Å². The number of ketones is 1. The van der Waals surface area contributed by atoms with E-state index in [2.05, 4.69) is 15.3 Å². The molecule has 0 unspecified atom stereocenters. The third-order valence-electron chi connectivity index (χ3n) is 5.00. The number of aryl methyl sites for hydroxylation is 2. The van der Waals surface area contributed by atoms with Gasteiger partial charge in [-0.25, -0.2) is 4.68 Å². The third-order valence-corrected chi connectivity index (χ3v) is 5.00. The van der Waals surface area contributed by atoms with Crippen LogP contribution in [-0.4, -0.2) is 38.2 Å². The molecule has 0 spiro atoms. The topological polar surface area (TPSA) is 81.0 Å². The lowest BCUT2D eigenvalue weighted by Gasteiger charge is -2.27. The first-order valence-electron chi connectivity index (χ1n) is 9.85. The molecular weight excluding hydrogens is 366 g/mol. The maximum Gasteiger partial charge on any atom is 0.228 e. The smallest absolute Gasteiger partial charge is 0.228 e. The number of amides is 1. The largest absolute Gasteiger partial charge is 0.299 e. The molecule has 2 aromatic heterocycles. The van der Waals surface area contributed by atoms with Gasteiger partial charge in [0, 0.05) is 37.6 Å². The number of hydrogen-bond donors (Lipinski definition) is 0. The van der Waals surface area contributed by atoms with Gasteiger partial charge in [0.05, 0.1) is 23.5 Å². The van der Waals surface area contributed by atoms with Crippen LogP contribution in [0.25, 0.3) is 11.3 Å². The van der Waals surface area contributed by atoms with Crippen molar-refractivity contribution in [2.45, 2.75) is 39.2 Å². The monoisotopic (exact) mass is 389 g/mol. The summed E-state index contributed by atoms with van der Waals surface area (Å²) < 4.78 is 1.86. The van der Waals surface area contributed by atoms with Gasteiger partial charge in [-0.1, -0.05) is 30.3 Å². The second kappa shape index (κ2) is 8.34. The Balaban J connectivity index is 1.32. The van der Waals surface area contributed by atoms with Crippen molar-refractivity contribution in [1.82, 2.24) is 20.0 Å². The van der Waals surface area contributed by atoms with Crippen molar-refractivity contribution in [2.24, 2.45) is 0 Å². The van der Waals surface area contributed by atoms with E-state index in [4.69, 9.17) is 0 Å². The molecule has 148 valence electrons. The fraction of sp³-hybridized carbons (Fsp3) is 0.318. The molecule has 0 radical (unpaired) electrons. The SMILES string of the molecule is Cc1cc2n(n1)CCCN2C(=O)CCC(=O)Cc1ccc(-c2ccccc2)nn1. The summed E-state index contributed by atoms with van der Waals surface area (Å²) in [7, 11) is 0. The molecule has 0 atom stereocenters. The van der Waals surface area contributed by atoms with Crippen LogP contribution in [0.5, 0.6) is 0 Å². The van der Waals surface area contributed by atoms with E-state index in [-0.39, 0.29) is 31.0 Å². The highest BCUT2D eigenvalue weighted by Crippen LogP contribution is 2.22. The molecule has 3 aromatic rings. The Morgan fingerprint density at radius 1 is 1.00 bits per heavy atom. The Morgan fingerprint density at radius 3 is 2.59 bits per heavy atom. The Kier molecular flexibility index (Phi) is 5.46. The Hall–Kier alpha value is -3.35.